The molecule has 0 aliphatic rings. The van der Waals surface area contributed by atoms with Crippen molar-refractivity contribution in [2.24, 2.45) is 5.11 Å². The first-order valence-corrected chi connectivity index (χ1v) is 8.23. The Morgan fingerprint density at radius 3 is 2.58 bits per heavy atom. The Hall–Kier alpha value is -2.91. The zero-order valence-corrected chi connectivity index (χ0v) is 13.7. The molecule has 120 valence electrons. The lowest BCUT2D eigenvalue weighted by atomic mass is 10.0. The molecular weight excluding hydrogens is 298 g/mol. The molecule has 0 saturated heterocycles. The van der Waals surface area contributed by atoms with Gasteiger partial charge in [0, 0.05) is 10.3 Å². The third kappa shape index (κ3) is 3.36. The molecule has 0 radical (unpaired) electrons. The van der Waals surface area contributed by atoms with Crippen LogP contribution in [0.3, 0.4) is 0 Å². The molecule has 0 aliphatic carbocycles. The van der Waals surface area contributed by atoms with Crippen LogP contribution in [0.5, 0.6) is 0 Å². The summed E-state index contributed by atoms with van der Waals surface area (Å²) in [4.78, 5) is 3.00. The number of unbranched alkanes of at least 4 members (excludes halogenated alkanes) is 2. The monoisotopic (exact) mass is 317 g/mol. The summed E-state index contributed by atoms with van der Waals surface area (Å²) in [6.07, 6.45) is 4.05. The van der Waals surface area contributed by atoms with Gasteiger partial charge in [0.05, 0.1) is 16.9 Å². The molecule has 3 aromatic rings. The molecule has 5 heteroatoms. The minimum atomic E-state index is 0.608. The Bertz CT molecular complexity index is 883. The summed E-state index contributed by atoms with van der Waals surface area (Å²) in [7, 11) is 0. The summed E-state index contributed by atoms with van der Waals surface area (Å²) in [5.41, 5.74) is 13.3. The van der Waals surface area contributed by atoms with Crippen LogP contribution in [0.15, 0.2) is 53.6 Å². The zero-order chi connectivity index (χ0) is 16.8. The molecule has 0 fully saturated rings. The highest BCUT2D eigenvalue weighted by Crippen LogP contribution is 2.32. The SMILES string of the molecule is CCCCCc1nnc2ccc(-c3ccccc3)cc2c1N=[N+]=[N-]. The highest BCUT2D eigenvalue weighted by Gasteiger charge is 2.10. The third-order valence-corrected chi connectivity index (χ3v) is 4.07. The Morgan fingerprint density at radius 1 is 1.00 bits per heavy atom. The number of azide groups is 1. The smallest absolute Gasteiger partial charge is 0.0934 e. The van der Waals surface area contributed by atoms with Crippen LogP contribution in [0.2, 0.25) is 0 Å². The first kappa shape index (κ1) is 16.0. The van der Waals surface area contributed by atoms with Crippen molar-refractivity contribution < 1.29 is 0 Å². The van der Waals surface area contributed by atoms with Crippen LogP contribution in [-0.2, 0) is 6.42 Å². The quantitative estimate of drug-likeness (QED) is 0.243. The molecular formula is C19H19N5. The maximum absolute atomic E-state index is 8.97. The predicted molar refractivity (Wildman–Crippen MR) is 97.0 cm³/mol. The van der Waals surface area contributed by atoms with Gasteiger partial charge in [0.1, 0.15) is 0 Å². The van der Waals surface area contributed by atoms with E-state index >= 15 is 0 Å². The normalized spacial score (nSPS) is 10.5. The van der Waals surface area contributed by atoms with E-state index in [4.69, 9.17) is 5.53 Å². The second kappa shape index (κ2) is 7.57. The first-order valence-electron chi connectivity index (χ1n) is 8.23. The topological polar surface area (TPSA) is 74.5 Å². The number of hydrogen-bond acceptors (Lipinski definition) is 3. The van der Waals surface area contributed by atoms with Gasteiger partial charge in [-0.05, 0) is 41.6 Å². The summed E-state index contributed by atoms with van der Waals surface area (Å²) in [5.74, 6) is 0. The molecule has 0 saturated carbocycles. The minimum Gasteiger partial charge on any atom is -0.155 e. The van der Waals surface area contributed by atoms with Gasteiger partial charge in [-0.25, -0.2) is 0 Å². The molecule has 1 heterocycles. The fraction of sp³-hybridized carbons (Fsp3) is 0.263. The third-order valence-electron chi connectivity index (χ3n) is 4.07. The largest absolute Gasteiger partial charge is 0.155 e. The highest BCUT2D eigenvalue weighted by molar-refractivity contribution is 5.93. The Kier molecular flexibility index (Phi) is 5.04. The van der Waals surface area contributed by atoms with E-state index in [9.17, 15) is 0 Å². The summed E-state index contributed by atoms with van der Waals surface area (Å²) in [6, 6.07) is 16.1. The molecule has 0 aliphatic heterocycles. The van der Waals surface area contributed by atoms with Gasteiger partial charge in [0.2, 0.25) is 0 Å². The van der Waals surface area contributed by atoms with E-state index in [2.05, 4.69) is 39.3 Å². The second-order valence-corrected chi connectivity index (χ2v) is 5.74. The van der Waals surface area contributed by atoms with Crippen LogP contribution in [0.1, 0.15) is 31.9 Å². The van der Waals surface area contributed by atoms with Gasteiger partial charge >= 0.3 is 0 Å². The average Bonchev–Trinajstić information content (AvgIpc) is 2.64. The molecule has 24 heavy (non-hydrogen) atoms. The number of rotatable bonds is 6. The van der Waals surface area contributed by atoms with Crippen LogP contribution in [0.25, 0.3) is 32.5 Å². The summed E-state index contributed by atoms with van der Waals surface area (Å²) in [5, 5.41) is 13.4. The summed E-state index contributed by atoms with van der Waals surface area (Å²) < 4.78 is 0. The van der Waals surface area contributed by atoms with Crippen LogP contribution < -0.4 is 0 Å². The lowest BCUT2D eigenvalue weighted by Gasteiger charge is -2.09. The molecule has 1 aromatic heterocycles. The van der Waals surface area contributed by atoms with E-state index in [1.807, 2.05) is 36.4 Å². The molecule has 5 nitrogen and oxygen atoms in total. The second-order valence-electron chi connectivity index (χ2n) is 5.74. The molecule has 0 unspecified atom stereocenters. The van der Waals surface area contributed by atoms with Gasteiger partial charge in [-0.2, -0.15) is 10.2 Å². The number of aryl methyl sites for hydroxylation is 1. The number of nitrogens with zero attached hydrogens (tertiary/aromatic N) is 5. The fourth-order valence-electron chi connectivity index (χ4n) is 2.81. The van der Waals surface area contributed by atoms with Gasteiger partial charge in [-0.3, -0.25) is 0 Å². The zero-order valence-electron chi connectivity index (χ0n) is 13.7. The Balaban J connectivity index is 2.11. The van der Waals surface area contributed by atoms with Crippen molar-refractivity contribution in [1.82, 2.24) is 10.2 Å². The summed E-state index contributed by atoms with van der Waals surface area (Å²) >= 11 is 0. The molecule has 2 aromatic carbocycles. The highest BCUT2D eigenvalue weighted by atomic mass is 15.2. The van der Waals surface area contributed by atoms with E-state index in [1.165, 1.54) is 0 Å². The van der Waals surface area contributed by atoms with Gasteiger partial charge in [-0.1, -0.05) is 61.3 Å². The van der Waals surface area contributed by atoms with Crippen LogP contribution >= 0.6 is 0 Å². The van der Waals surface area contributed by atoms with Crippen molar-refractivity contribution in [3.05, 3.63) is 64.7 Å². The molecule has 0 spiro atoms. The number of hydrogen-bond donors (Lipinski definition) is 0. The van der Waals surface area contributed by atoms with E-state index in [-0.39, 0.29) is 0 Å². The van der Waals surface area contributed by atoms with Crippen molar-refractivity contribution in [1.29, 1.82) is 0 Å². The van der Waals surface area contributed by atoms with Gasteiger partial charge < -0.3 is 0 Å². The van der Waals surface area contributed by atoms with Crippen molar-refractivity contribution in [3.8, 4) is 11.1 Å². The molecule has 0 bridgehead atoms. The standard InChI is InChI=1S/C19H19N5/c1-2-3-5-10-18-19(23-24-20)16-13-15(11-12-17(16)21-22-18)14-8-6-4-7-9-14/h4,6-9,11-13H,2-3,5,10H2,1H3. The lowest BCUT2D eigenvalue weighted by Crippen LogP contribution is -1.96. The van der Waals surface area contributed by atoms with Gasteiger partial charge in [0.25, 0.3) is 0 Å². The molecule has 3 rings (SSSR count). The van der Waals surface area contributed by atoms with Gasteiger partial charge in [-0.15, -0.1) is 0 Å². The average molecular weight is 317 g/mol. The first-order chi connectivity index (χ1) is 11.8. The van der Waals surface area contributed by atoms with Gasteiger partial charge in [0.15, 0.2) is 0 Å². The van der Waals surface area contributed by atoms with Crippen molar-refractivity contribution in [2.75, 3.05) is 0 Å². The minimum absolute atomic E-state index is 0.608. The van der Waals surface area contributed by atoms with Crippen LogP contribution in [-0.4, -0.2) is 10.2 Å². The molecule has 0 amide bonds. The van der Waals surface area contributed by atoms with Crippen molar-refractivity contribution >= 4 is 16.6 Å². The predicted octanol–water partition coefficient (Wildman–Crippen LogP) is 5.97. The molecule has 0 atom stereocenters. The Labute approximate surface area is 141 Å². The maximum Gasteiger partial charge on any atom is 0.0934 e. The van der Waals surface area contributed by atoms with E-state index in [1.54, 1.807) is 0 Å². The number of fused-ring (bicyclic) bond motifs is 1. The molecule has 0 N–H and O–H groups in total. The number of benzene rings is 2. The van der Waals surface area contributed by atoms with E-state index in [0.29, 0.717) is 5.69 Å². The lowest BCUT2D eigenvalue weighted by molar-refractivity contribution is 0.702. The van der Waals surface area contributed by atoms with E-state index < -0.39 is 0 Å². The van der Waals surface area contributed by atoms with Crippen molar-refractivity contribution in [2.45, 2.75) is 32.6 Å². The van der Waals surface area contributed by atoms with Crippen LogP contribution in [0, 0.1) is 0 Å². The Morgan fingerprint density at radius 2 is 1.83 bits per heavy atom. The number of aromatic nitrogens is 2. The van der Waals surface area contributed by atoms with Crippen LogP contribution in [0.4, 0.5) is 5.69 Å². The van der Waals surface area contributed by atoms with E-state index in [0.717, 1.165) is 53.4 Å². The fourth-order valence-corrected chi connectivity index (χ4v) is 2.81. The summed E-state index contributed by atoms with van der Waals surface area (Å²) in [6.45, 7) is 2.16. The maximum atomic E-state index is 8.97. The van der Waals surface area contributed by atoms with Crippen molar-refractivity contribution in [3.63, 3.8) is 0 Å².